The van der Waals surface area contributed by atoms with Crippen molar-refractivity contribution in [2.24, 2.45) is 24.6 Å². The molecule has 418 valence electrons. The van der Waals surface area contributed by atoms with E-state index in [2.05, 4.69) is 32.8 Å². The molecule has 4 fully saturated rings. The topological polar surface area (TPSA) is 314 Å². The zero-order chi connectivity index (χ0) is 56.4. The second-order valence-corrected chi connectivity index (χ2v) is 23.6. The molecule has 3 saturated heterocycles. The first-order chi connectivity index (χ1) is 37.6. The van der Waals surface area contributed by atoms with Crippen LogP contribution >= 0.6 is 0 Å². The van der Waals surface area contributed by atoms with Crippen LogP contribution in [0.15, 0.2) is 88.7 Å². The third-order valence-corrected chi connectivity index (χ3v) is 17.3. The Hall–Kier alpha value is -8.08. The fourth-order valence-corrected chi connectivity index (χ4v) is 12.4. The lowest BCUT2D eigenvalue weighted by Gasteiger charge is -2.39. The number of fused-ring (bicyclic) bond motifs is 3. The van der Waals surface area contributed by atoms with Gasteiger partial charge in [-0.25, -0.2) is 18.0 Å². The van der Waals surface area contributed by atoms with Crippen LogP contribution < -0.4 is 32.7 Å². The van der Waals surface area contributed by atoms with E-state index < -0.39 is 75.6 Å². The minimum atomic E-state index is -3.46. The quantitative estimate of drug-likeness (QED) is 0.0707. The second-order valence-electron chi connectivity index (χ2n) is 21.6. The van der Waals surface area contributed by atoms with Crippen LogP contribution in [0.3, 0.4) is 0 Å². The Kier molecular flexibility index (Phi) is 16.3. The van der Waals surface area contributed by atoms with Gasteiger partial charge >= 0.3 is 11.7 Å². The molecular weight excluding hydrogens is 1040 g/mol. The number of aryl methyl sites for hydroxylation is 1. The standard InChI is InChI=1S/C56H66N10O12S/c1-31-4-18-46(52(71)59-31)66-44-19-11-35(25-47(44)63(2)56(66)76)24-32-5-7-33(8-6-32)26-49(68)64-23-22-38-13-20-45(53(72)61-41(17-21-48(57)67)50(69)58-29-34-9-14-39(15-10-34)79(3,77)78)65(38)54(73)43(30-64)62-51(70)42-28-37-27-36(55(74)75)12-16-40(37)60-42/h9-12,14-16,19,25,27-28,32-33,38,41,43,45-46,60H,1,4-8,13,17-18,20-24,26,29-30H2,2-3H3,(H2,57,67)(H,58,69)(H,59,71)(H,61,72)(H,62,70)(H,74,75)/t32?,33?,38-,41+,43+,45+,46?/m1/s1. The Balaban J connectivity index is 0.876. The van der Waals surface area contributed by atoms with Crippen LogP contribution in [-0.4, -0.2) is 128 Å². The van der Waals surface area contributed by atoms with Gasteiger partial charge in [-0.05, 0) is 142 Å². The summed E-state index contributed by atoms with van der Waals surface area (Å²) >= 11 is 0. The summed E-state index contributed by atoms with van der Waals surface area (Å²) in [5.74, 6) is -4.52. The molecule has 1 aliphatic carbocycles. The van der Waals surface area contributed by atoms with Crippen LogP contribution in [0.5, 0.6) is 0 Å². The maximum absolute atomic E-state index is 15.0. The normalized spacial score (nSPS) is 22.1. The largest absolute Gasteiger partial charge is 0.478 e. The minimum Gasteiger partial charge on any atom is -0.478 e. The van der Waals surface area contributed by atoms with Crippen molar-refractivity contribution in [3.8, 4) is 0 Å². The van der Waals surface area contributed by atoms with Gasteiger partial charge in [-0.2, -0.15) is 0 Å². The summed E-state index contributed by atoms with van der Waals surface area (Å²) in [5, 5.41) is 21.1. The first-order valence-corrected chi connectivity index (χ1v) is 28.6. The molecule has 8 N–H and O–H groups in total. The van der Waals surface area contributed by atoms with E-state index in [-0.39, 0.29) is 84.9 Å². The van der Waals surface area contributed by atoms with Crippen molar-refractivity contribution >= 4 is 79.1 Å². The number of rotatable bonds is 17. The SMILES string of the molecule is C=C1CCC(n2c(=O)n(C)c3cc(CC4CCC(CC(=O)N5CC[C@H]6CC[C@@H](C(=O)N[C@@H](CCC(N)=O)C(=O)NCc7ccc(S(C)(=O)=O)cc7)N6C(=O)[C@@H](NC(=O)c6cc7cc(C(=O)O)ccc7[nH]6)C5)CC4)ccc32)C(=O)N1. The van der Waals surface area contributed by atoms with Crippen LogP contribution in [-0.2, 0) is 58.6 Å². The van der Waals surface area contributed by atoms with Gasteiger partial charge in [0, 0.05) is 68.4 Å². The Morgan fingerprint density at radius 1 is 0.861 bits per heavy atom. The van der Waals surface area contributed by atoms with Gasteiger partial charge in [0.05, 0.1) is 21.5 Å². The summed E-state index contributed by atoms with van der Waals surface area (Å²) in [6, 6.07) is 12.8. The predicted molar refractivity (Wildman–Crippen MR) is 290 cm³/mol. The lowest BCUT2D eigenvalue weighted by Crippen LogP contribution is -2.62. The van der Waals surface area contributed by atoms with Crippen molar-refractivity contribution in [2.75, 3.05) is 19.3 Å². The van der Waals surface area contributed by atoms with Crippen molar-refractivity contribution in [1.29, 1.82) is 0 Å². The molecule has 3 aromatic carbocycles. The van der Waals surface area contributed by atoms with Crippen molar-refractivity contribution in [2.45, 2.75) is 125 Å². The lowest BCUT2D eigenvalue weighted by molar-refractivity contribution is -0.146. The van der Waals surface area contributed by atoms with Crippen LogP contribution in [0, 0.1) is 11.8 Å². The highest BCUT2D eigenvalue weighted by Gasteiger charge is 2.46. The predicted octanol–water partition coefficient (Wildman–Crippen LogP) is 3.08. The summed E-state index contributed by atoms with van der Waals surface area (Å²) in [5.41, 5.74) is 9.43. The average molecular weight is 1100 g/mol. The summed E-state index contributed by atoms with van der Waals surface area (Å²) in [4.78, 5) is 128. The number of hydrogen-bond acceptors (Lipinski definition) is 11. The third-order valence-electron chi connectivity index (χ3n) is 16.1. The molecule has 5 heterocycles. The number of nitrogens with zero attached hydrogens (tertiary/aromatic N) is 4. The van der Waals surface area contributed by atoms with Gasteiger partial charge in [0.1, 0.15) is 29.9 Å². The molecular formula is C56H66N10O12S. The summed E-state index contributed by atoms with van der Waals surface area (Å²) < 4.78 is 27.1. The lowest BCUT2D eigenvalue weighted by atomic mass is 9.78. The number of primary amides is 1. The minimum absolute atomic E-state index is 0.00892. The highest BCUT2D eigenvalue weighted by Crippen LogP contribution is 2.36. The van der Waals surface area contributed by atoms with E-state index in [0.717, 1.165) is 49.4 Å². The molecule has 3 aliphatic heterocycles. The third kappa shape index (κ3) is 12.5. The van der Waals surface area contributed by atoms with Gasteiger partial charge in [-0.15, -0.1) is 0 Å². The molecule has 7 amide bonds. The maximum Gasteiger partial charge on any atom is 0.335 e. The number of benzene rings is 3. The fraction of sp³-hybridized carbons (Fsp3) is 0.446. The molecule has 0 spiro atoms. The zero-order valence-corrected chi connectivity index (χ0v) is 44.9. The number of imidazole rings is 1. The number of H-pyrrole nitrogens is 1. The summed E-state index contributed by atoms with van der Waals surface area (Å²) in [7, 11) is -1.75. The maximum atomic E-state index is 15.0. The molecule has 1 saturated carbocycles. The molecule has 9 rings (SSSR count). The van der Waals surface area contributed by atoms with Gasteiger partial charge in [0.15, 0.2) is 9.84 Å². The number of aromatic amines is 1. The molecule has 0 radical (unpaired) electrons. The van der Waals surface area contributed by atoms with Crippen molar-refractivity contribution in [3.63, 3.8) is 0 Å². The molecule has 4 aliphatic rings. The molecule has 79 heavy (non-hydrogen) atoms. The first kappa shape index (κ1) is 55.7. The molecule has 0 bridgehead atoms. The highest BCUT2D eigenvalue weighted by molar-refractivity contribution is 7.90. The Morgan fingerprint density at radius 3 is 2.28 bits per heavy atom. The first-order valence-electron chi connectivity index (χ1n) is 26.7. The van der Waals surface area contributed by atoms with Gasteiger partial charge in [-0.3, -0.25) is 42.7 Å². The van der Waals surface area contributed by atoms with Gasteiger partial charge < -0.3 is 46.9 Å². The number of aromatic nitrogens is 3. The number of nitrogens with one attached hydrogen (secondary N) is 5. The number of carboxylic acids is 1. The molecule has 1 unspecified atom stereocenters. The zero-order valence-electron chi connectivity index (χ0n) is 44.1. The van der Waals surface area contributed by atoms with Crippen LogP contribution in [0.2, 0.25) is 0 Å². The van der Waals surface area contributed by atoms with Crippen molar-refractivity contribution < 1.29 is 51.9 Å². The number of amides is 7. The van der Waals surface area contributed by atoms with Crippen molar-refractivity contribution in [3.05, 3.63) is 112 Å². The van der Waals surface area contributed by atoms with Crippen LogP contribution in [0.1, 0.15) is 115 Å². The number of hydrogen-bond donors (Lipinski definition) is 7. The second kappa shape index (κ2) is 23.1. The summed E-state index contributed by atoms with van der Waals surface area (Å²) in [6.07, 6.45) is 6.94. The van der Waals surface area contributed by atoms with E-state index >= 15 is 0 Å². The average Bonchev–Trinajstić information content (AvgIpc) is 4.35. The molecule has 5 aromatic rings. The highest BCUT2D eigenvalue weighted by atomic mass is 32.2. The van der Waals surface area contributed by atoms with Crippen molar-refractivity contribution in [1.82, 2.24) is 45.2 Å². The molecule has 5 atom stereocenters. The summed E-state index contributed by atoms with van der Waals surface area (Å²) in [6.45, 7) is 3.84. The van der Waals surface area contributed by atoms with Gasteiger partial charge in [-0.1, -0.05) is 24.8 Å². The van der Waals surface area contributed by atoms with Crippen LogP contribution in [0.4, 0.5) is 0 Å². The van der Waals surface area contributed by atoms with E-state index in [0.29, 0.717) is 59.3 Å². The number of piperidine rings is 1. The molecule has 2 aromatic heterocycles. The number of carbonyl (C=O) groups is 8. The Morgan fingerprint density at radius 2 is 1.58 bits per heavy atom. The number of carboxylic acid groups (broad SMARTS) is 1. The Labute approximate surface area is 455 Å². The van der Waals surface area contributed by atoms with E-state index in [1.165, 1.54) is 41.3 Å². The van der Waals surface area contributed by atoms with E-state index in [4.69, 9.17) is 5.73 Å². The fourth-order valence-electron chi connectivity index (χ4n) is 11.8. The van der Waals surface area contributed by atoms with E-state index in [1.54, 1.807) is 33.2 Å². The number of carbonyl (C=O) groups excluding carboxylic acids is 7. The van der Waals surface area contributed by atoms with Gasteiger partial charge in [0.25, 0.3) is 5.91 Å². The van der Waals surface area contributed by atoms with E-state index in [1.807, 2.05) is 18.2 Å². The van der Waals surface area contributed by atoms with E-state index in [9.17, 15) is 56.7 Å². The molecule has 22 nitrogen and oxygen atoms in total. The van der Waals surface area contributed by atoms with Gasteiger partial charge in [0.2, 0.25) is 35.4 Å². The monoisotopic (exact) mass is 1100 g/mol. The number of nitrogens with two attached hydrogens (primary N) is 1. The smallest absolute Gasteiger partial charge is 0.335 e. The number of sulfone groups is 1. The number of aromatic carboxylic acids is 1. The number of allylic oxidation sites excluding steroid dienone is 1. The van der Waals surface area contributed by atoms with Crippen LogP contribution in [0.25, 0.3) is 21.9 Å². The molecule has 23 heteroatoms. The Bertz CT molecular complexity index is 3450.